The lowest BCUT2D eigenvalue weighted by Crippen LogP contribution is -2.02. The maximum Gasteiger partial charge on any atom is 0.337 e. The summed E-state index contributed by atoms with van der Waals surface area (Å²) in [6, 6.07) is 19.5. The van der Waals surface area contributed by atoms with E-state index in [1.165, 1.54) is 7.11 Å². The third-order valence-electron chi connectivity index (χ3n) is 2.80. The zero-order chi connectivity index (χ0) is 14.2. The molecule has 0 aromatic heterocycles. The molecule has 0 bridgehead atoms. The molecule has 0 amide bonds. The second-order valence-electron chi connectivity index (χ2n) is 4.25. The van der Waals surface area contributed by atoms with Crippen LogP contribution in [0.4, 0.5) is 0 Å². The van der Waals surface area contributed by atoms with Crippen molar-refractivity contribution in [3.8, 4) is 0 Å². The molecule has 0 aliphatic heterocycles. The van der Waals surface area contributed by atoms with E-state index in [9.17, 15) is 4.79 Å². The van der Waals surface area contributed by atoms with Crippen LogP contribution in [-0.2, 0) is 9.53 Å². The fraction of sp³-hybridized carbons (Fsp3) is 0.0556. The lowest BCUT2D eigenvalue weighted by molar-refractivity contribution is -0.135. The van der Waals surface area contributed by atoms with Gasteiger partial charge in [-0.1, -0.05) is 66.7 Å². The van der Waals surface area contributed by atoms with E-state index in [0.29, 0.717) is 5.57 Å². The zero-order valence-electron chi connectivity index (χ0n) is 11.3. The number of hydrogen-bond donors (Lipinski definition) is 0. The van der Waals surface area contributed by atoms with Gasteiger partial charge >= 0.3 is 5.97 Å². The first-order valence-electron chi connectivity index (χ1n) is 6.38. The number of carbonyl (C=O) groups excluding carboxylic acids is 1. The van der Waals surface area contributed by atoms with Crippen LogP contribution in [-0.4, -0.2) is 13.1 Å². The van der Waals surface area contributed by atoms with E-state index in [-0.39, 0.29) is 5.97 Å². The van der Waals surface area contributed by atoms with E-state index < -0.39 is 0 Å². The fourth-order valence-electron chi connectivity index (χ4n) is 1.77. The van der Waals surface area contributed by atoms with E-state index in [2.05, 4.69) is 0 Å². The van der Waals surface area contributed by atoms with E-state index >= 15 is 0 Å². The monoisotopic (exact) mass is 264 g/mol. The van der Waals surface area contributed by atoms with Crippen molar-refractivity contribution in [1.29, 1.82) is 0 Å². The highest BCUT2D eigenvalue weighted by Crippen LogP contribution is 2.11. The Labute approximate surface area is 119 Å². The van der Waals surface area contributed by atoms with Crippen LogP contribution in [0.3, 0.4) is 0 Å². The average Bonchev–Trinajstić information content (AvgIpc) is 2.52. The highest BCUT2D eigenvalue weighted by Gasteiger charge is 2.05. The fourth-order valence-corrected chi connectivity index (χ4v) is 1.77. The number of carbonyl (C=O) groups is 1. The van der Waals surface area contributed by atoms with E-state index in [0.717, 1.165) is 11.1 Å². The van der Waals surface area contributed by atoms with Crippen molar-refractivity contribution in [3.05, 3.63) is 83.4 Å². The molecule has 2 aromatic rings. The number of esters is 1. The van der Waals surface area contributed by atoms with Crippen molar-refractivity contribution in [2.75, 3.05) is 7.11 Å². The summed E-state index contributed by atoms with van der Waals surface area (Å²) in [6.07, 6.45) is 5.48. The minimum Gasteiger partial charge on any atom is -0.465 e. The van der Waals surface area contributed by atoms with Gasteiger partial charge in [-0.3, -0.25) is 0 Å². The SMILES string of the molecule is COC(=O)C(=Cc1ccccc1)/C=C/c1ccccc1. The van der Waals surface area contributed by atoms with Gasteiger partial charge in [-0.2, -0.15) is 0 Å². The van der Waals surface area contributed by atoms with Gasteiger partial charge in [0.25, 0.3) is 0 Å². The van der Waals surface area contributed by atoms with Gasteiger partial charge in [-0.05, 0) is 23.3 Å². The van der Waals surface area contributed by atoms with Crippen LogP contribution in [0.25, 0.3) is 12.2 Å². The van der Waals surface area contributed by atoms with E-state index in [4.69, 9.17) is 4.74 Å². The molecule has 0 heterocycles. The molecule has 2 aromatic carbocycles. The lowest BCUT2D eigenvalue weighted by atomic mass is 10.1. The number of methoxy groups -OCH3 is 1. The van der Waals surface area contributed by atoms with Crippen molar-refractivity contribution in [2.45, 2.75) is 0 Å². The number of ether oxygens (including phenoxy) is 1. The molecular formula is C18H16O2. The number of rotatable bonds is 4. The summed E-state index contributed by atoms with van der Waals surface area (Å²) in [6.45, 7) is 0. The predicted molar refractivity (Wildman–Crippen MR) is 81.9 cm³/mol. The summed E-state index contributed by atoms with van der Waals surface area (Å²) < 4.78 is 4.81. The third-order valence-corrected chi connectivity index (χ3v) is 2.80. The van der Waals surface area contributed by atoms with Crippen LogP contribution >= 0.6 is 0 Å². The van der Waals surface area contributed by atoms with Crippen molar-refractivity contribution < 1.29 is 9.53 Å². The minimum atomic E-state index is -0.346. The summed E-state index contributed by atoms with van der Waals surface area (Å²) in [5, 5.41) is 0. The first-order chi connectivity index (χ1) is 9.79. The first kappa shape index (κ1) is 13.8. The first-order valence-corrected chi connectivity index (χ1v) is 6.38. The number of benzene rings is 2. The Morgan fingerprint density at radius 3 is 2.00 bits per heavy atom. The van der Waals surface area contributed by atoms with Crippen LogP contribution in [0, 0.1) is 0 Å². The van der Waals surface area contributed by atoms with Crippen molar-refractivity contribution >= 4 is 18.1 Å². The van der Waals surface area contributed by atoms with E-state index in [1.54, 1.807) is 6.08 Å². The van der Waals surface area contributed by atoms with Crippen molar-refractivity contribution in [2.24, 2.45) is 0 Å². The number of hydrogen-bond acceptors (Lipinski definition) is 2. The maximum absolute atomic E-state index is 11.8. The van der Waals surface area contributed by atoms with Gasteiger partial charge < -0.3 is 4.74 Å². The van der Waals surface area contributed by atoms with Crippen LogP contribution in [0.15, 0.2) is 72.3 Å². The lowest BCUT2D eigenvalue weighted by Gasteiger charge is -2.01. The van der Waals surface area contributed by atoms with Crippen LogP contribution in [0.5, 0.6) is 0 Å². The second-order valence-corrected chi connectivity index (χ2v) is 4.25. The molecule has 0 aliphatic carbocycles. The molecule has 0 saturated heterocycles. The van der Waals surface area contributed by atoms with E-state index in [1.807, 2.05) is 72.8 Å². The van der Waals surface area contributed by atoms with Crippen molar-refractivity contribution in [3.63, 3.8) is 0 Å². The van der Waals surface area contributed by atoms with Gasteiger partial charge in [-0.15, -0.1) is 0 Å². The molecule has 0 aliphatic rings. The largest absolute Gasteiger partial charge is 0.465 e. The Balaban J connectivity index is 2.27. The Morgan fingerprint density at radius 2 is 1.45 bits per heavy atom. The minimum absolute atomic E-state index is 0.346. The Kier molecular flexibility index (Phi) is 4.90. The van der Waals surface area contributed by atoms with Gasteiger partial charge in [0.15, 0.2) is 0 Å². The molecule has 0 radical (unpaired) electrons. The maximum atomic E-state index is 11.8. The average molecular weight is 264 g/mol. The van der Waals surface area contributed by atoms with Crippen LogP contribution in [0.2, 0.25) is 0 Å². The molecule has 0 atom stereocenters. The third kappa shape index (κ3) is 3.95. The molecule has 0 N–H and O–H groups in total. The molecule has 100 valence electrons. The van der Waals surface area contributed by atoms with Gasteiger partial charge in [0.05, 0.1) is 12.7 Å². The molecular weight excluding hydrogens is 248 g/mol. The second kappa shape index (κ2) is 7.10. The van der Waals surface area contributed by atoms with Crippen molar-refractivity contribution in [1.82, 2.24) is 0 Å². The molecule has 0 unspecified atom stereocenters. The molecule has 0 fully saturated rings. The topological polar surface area (TPSA) is 26.3 Å². The summed E-state index contributed by atoms with van der Waals surface area (Å²) >= 11 is 0. The predicted octanol–water partition coefficient (Wildman–Crippen LogP) is 3.96. The molecule has 0 spiro atoms. The van der Waals surface area contributed by atoms with Gasteiger partial charge in [0.1, 0.15) is 0 Å². The van der Waals surface area contributed by atoms with Gasteiger partial charge in [0, 0.05) is 0 Å². The Bertz CT molecular complexity index is 610. The Hall–Kier alpha value is -2.61. The summed E-state index contributed by atoms with van der Waals surface area (Å²) in [5.74, 6) is -0.346. The molecule has 2 heteroatoms. The normalized spacial score (nSPS) is 11.6. The standard InChI is InChI=1S/C18H16O2/c1-20-18(19)17(14-16-10-6-3-7-11-16)13-12-15-8-4-2-5-9-15/h2-14H,1H3/b13-12+,17-14?. The van der Waals surface area contributed by atoms with Crippen LogP contribution < -0.4 is 0 Å². The molecule has 20 heavy (non-hydrogen) atoms. The molecule has 0 saturated carbocycles. The Morgan fingerprint density at radius 1 is 0.900 bits per heavy atom. The quantitative estimate of drug-likeness (QED) is 0.474. The van der Waals surface area contributed by atoms with Crippen LogP contribution in [0.1, 0.15) is 11.1 Å². The highest BCUT2D eigenvalue weighted by atomic mass is 16.5. The smallest absolute Gasteiger partial charge is 0.337 e. The van der Waals surface area contributed by atoms with Gasteiger partial charge in [-0.25, -0.2) is 4.79 Å². The highest BCUT2D eigenvalue weighted by molar-refractivity contribution is 5.97. The summed E-state index contributed by atoms with van der Waals surface area (Å²) in [4.78, 5) is 11.8. The molecule has 2 nitrogen and oxygen atoms in total. The van der Waals surface area contributed by atoms with Gasteiger partial charge in [0.2, 0.25) is 0 Å². The summed E-state index contributed by atoms with van der Waals surface area (Å²) in [5.41, 5.74) is 2.52. The molecule has 2 rings (SSSR count). The zero-order valence-corrected chi connectivity index (χ0v) is 11.3. The summed E-state index contributed by atoms with van der Waals surface area (Å²) in [7, 11) is 1.39.